The Morgan fingerprint density at radius 3 is 2.67 bits per heavy atom. The van der Waals surface area contributed by atoms with Crippen molar-refractivity contribution >= 4 is 7.32 Å². The molecule has 4 N–H and O–H groups in total. The van der Waals surface area contributed by atoms with Crippen LogP contribution in [-0.4, -0.2) is 27.8 Å². The lowest BCUT2D eigenvalue weighted by atomic mass is 10.2. The van der Waals surface area contributed by atoms with Crippen molar-refractivity contribution in [1.29, 1.82) is 0 Å². The number of nitrogens with zero attached hydrogens (tertiary/aromatic N) is 1. The monoisotopic (exact) mass is 175 g/mol. The molecule has 0 atom stereocenters. The molecule has 7 heteroatoms. The van der Waals surface area contributed by atoms with Crippen molar-refractivity contribution in [2.45, 2.75) is 0 Å². The minimum atomic E-state index is -2.01. The van der Waals surface area contributed by atoms with Gasteiger partial charge in [-0.25, -0.2) is 4.39 Å². The topological polar surface area (TPSA) is 94.1 Å². The summed E-state index contributed by atoms with van der Waals surface area (Å²) in [6, 6.07) is 1.19. The maximum absolute atomic E-state index is 12.5. The summed E-state index contributed by atoms with van der Waals surface area (Å²) in [5.74, 6) is -0.976. The van der Waals surface area contributed by atoms with Crippen LogP contribution < -0.4 is 4.65 Å². The third-order valence-corrected chi connectivity index (χ3v) is 0.968. The van der Waals surface area contributed by atoms with Crippen molar-refractivity contribution in [2.24, 2.45) is 0 Å². The largest absolute Gasteiger partial charge is 0.707 e. The summed E-state index contributed by atoms with van der Waals surface area (Å²) in [6.45, 7) is 0. The molecule has 1 aromatic rings. The highest BCUT2D eigenvalue weighted by Crippen LogP contribution is 2.13. The molecule has 0 unspecified atom stereocenters. The molecule has 0 fully saturated rings. The van der Waals surface area contributed by atoms with Gasteiger partial charge in [-0.1, -0.05) is 0 Å². The van der Waals surface area contributed by atoms with Crippen LogP contribution in [0.5, 0.6) is 5.75 Å². The Kier molecular flexibility index (Phi) is 4.20. The van der Waals surface area contributed by atoms with Crippen LogP contribution in [0.1, 0.15) is 0 Å². The van der Waals surface area contributed by atoms with Gasteiger partial charge in [0.25, 0.3) is 0 Å². The molecule has 0 amide bonds. The van der Waals surface area contributed by atoms with Gasteiger partial charge in [-0.2, -0.15) is 0 Å². The molecule has 1 aromatic heterocycles. The molecule has 1 heterocycles. The normalized spacial score (nSPS) is 8.58. The molecule has 0 saturated carbocycles. The van der Waals surface area contributed by atoms with Crippen LogP contribution in [0.25, 0.3) is 0 Å². The third-order valence-electron chi connectivity index (χ3n) is 0.968. The molecule has 0 aliphatic carbocycles. The molecule has 1 rings (SSSR count). The van der Waals surface area contributed by atoms with E-state index in [1.165, 1.54) is 12.3 Å². The summed E-state index contributed by atoms with van der Waals surface area (Å²) in [7, 11) is -2.01. The third kappa shape index (κ3) is 2.83. The summed E-state index contributed by atoms with van der Waals surface area (Å²) in [5, 5.41) is 16.6. The zero-order chi connectivity index (χ0) is 8.27. The number of rotatable bonds is 2. The first kappa shape index (κ1) is 10.8. The van der Waals surface area contributed by atoms with Crippen LogP contribution in [0.15, 0.2) is 18.5 Å². The van der Waals surface area contributed by atoms with Crippen LogP contribution in [0.2, 0.25) is 0 Å². The van der Waals surface area contributed by atoms with Crippen molar-refractivity contribution in [3.63, 3.8) is 0 Å². The Hall–Kier alpha value is -1.18. The number of aromatic nitrogens is 1. The zero-order valence-electron chi connectivity index (χ0n) is 5.94. The number of pyridine rings is 1. The minimum absolute atomic E-state index is 0. The first-order valence-electron chi connectivity index (χ1n) is 2.82. The van der Waals surface area contributed by atoms with Crippen molar-refractivity contribution in [2.75, 3.05) is 0 Å². The second-order valence-electron chi connectivity index (χ2n) is 1.75. The van der Waals surface area contributed by atoms with Crippen LogP contribution in [0.4, 0.5) is 4.39 Å². The van der Waals surface area contributed by atoms with Crippen molar-refractivity contribution in [1.82, 2.24) is 4.98 Å². The van der Waals surface area contributed by atoms with E-state index in [0.29, 0.717) is 0 Å². The van der Waals surface area contributed by atoms with E-state index in [9.17, 15) is 4.39 Å². The average molecular weight is 175 g/mol. The fraction of sp³-hybridized carbons (Fsp3) is 0. The van der Waals surface area contributed by atoms with E-state index in [1.54, 1.807) is 0 Å². The fourth-order valence-electron chi connectivity index (χ4n) is 0.572. The SMILES string of the molecule is O.OB(O)Oc1ccncc1F. The highest BCUT2D eigenvalue weighted by molar-refractivity contribution is 6.33. The van der Waals surface area contributed by atoms with Gasteiger partial charge < -0.3 is 20.2 Å². The minimum Gasteiger partial charge on any atom is -0.509 e. The first-order chi connectivity index (χ1) is 5.20. The summed E-state index contributed by atoms with van der Waals surface area (Å²) < 4.78 is 16.8. The lowest BCUT2D eigenvalue weighted by molar-refractivity contribution is 0.281. The summed E-state index contributed by atoms with van der Waals surface area (Å²) in [5.41, 5.74) is 0. The van der Waals surface area contributed by atoms with Crippen LogP contribution in [-0.2, 0) is 0 Å². The Balaban J connectivity index is 0.00000121. The number of halogens is 1. The van der Waals surface area contributed by atoms with E-state index < -0.39 is 13.1 Å². The van der Waals surface area contributed by atoms with E-state index in [2.05, 4.69) is 9.64 Å². The molecule has 0 aliphatic heterocycles. The molecule has 0 aromatic carbocycles. The van der Waals surface area contributed by atoms with Gasteiger partial charge in [0.05, 0.1) is 6.20 Å². The molecule has 66 valence electrons. The Labute approximate surface area is 67.9 Å². The van der Waals surface area contributed by atoms with Crippen LogP contribution >= 0.6 is 0 Å². The second kappa shape index (κ2) is 4.65. The van der Waals surface area contributed by atoms with Gasteiger partial charge >= 0.3 is 7.32 Å². The van der Waals surface area contributed by atoms with Gasteiger partial charge in [0.2, 0.25) is 0 Å². The molecule has 0 bridgehead atoms. The highest BCUT2D eigenvalue weighted by Gasteiger charge is 2.13. The second-order valence-corrected chi connectivity index (χ2v) is 1.75. The molecule has 0 spiro atoms. The maximum Gasteiger partial charge on any atom is 0.707 e. The van der Waals surface area contributed by atoms with Gasteiger partial charge in [-0.3, -0.25) is 4.98 Å². The summed E-state index contributed by atoms with van der Waals surface area (Å²) in [4.78, 5) is 3.43. The van der Waals surface area contributed by atoms with Crippen molar-refractivity contribution < 1.29 is 24.6 Å². The predicted octanol–water partition coefficient (Wildman–Crippen LogP) is -1.26. The predicted molar refractivity (Wildman–Crippen MR) is 38.6 cm³/mol. The maximum atomic E-state index is 12.5. The summed E-state index contributed by atoms with van der Waals surface area (Å²) >= 11 is 0. The fourth-order valence-corrected chi connectivity index (χ4v) is 0.572. The first-order valence-corrected chi connectivity index (χ1v) is 2.82. The smallest absolute Gasteiger partial charge is 0.509 e. The van der Waals surface area contributed by atoms with Crippen LogP contribution in [0, 0.1) is 5.82 Å². The molecule has 0 radical (unpaired) electrons. The average Bonchev–Trinajstić information content (AvgIpc) is 1.93. The molecular formula is C5H7BFNO4. The molecule has 5 nitrogen and oxygen atoms in total. The molecule has 12 heavy (non-hydrogen) atoms. The lowest BCUT2D eigenvalue weighted by Crippen LogP contribution is -2.21. The Morgan fingerprint density at radius 1 is 1.50 bits per heavy atom. The number of hydrogen-bond acceptors (Lipinski definition) is 4. The Morgan fingerprint density at radius 2 is 2.17 bits per heavy atom. The van der Waals surface area contributed by atoms with Gasteiger partial charge in [0, 0.05) is 6.20 Å². The van der Waals surface area contributed by atoms with Gasteiger partial charge in [-0.05, 0) is 6.07 Å². The van der Waals surface area contributed by atoms with E-state index >= 15 is 0 Å². The van der Waals surface area contributed by atoms with Crippen molar-refractivity contribution in [3.8, 4) is 5.75 Å². The van der Waals surface area contributed by atoms with E-state index in [0.717, 1.165) is 6.20 Å². The van der Waals surface area contributed by atoms with E-state index in [-0.39, 0.29) is 11.2 Å². The quantitative estimate of drug-likeness (QED) is 0.548. The van der Waals surface area contributed by atoms with Gasteiger partial charge in [-0.15, -0.1) is 0 Å². The van der Waals surface area contributed by atoms with Gasteiger partial charge in [0.15, 0.2) is 5.82 Å². The van der Waals surface area contributed by atoms with Crippen molar-refractivity contribution in [3.05, 3.63) is 24.3 Å². The Bertz CT molecular complexity index is 247. The van der Waals surface area contributed by atoms with Crippen LogP contribution in [0.3, 0.4) is 0 Å². The lowest BCUT2D eigenvalue weighted by Gasteiger charge is -2.03. The van der Waals surface area contributed by atoms with Gasteiger partial charge in [0.1, 0.15) is 5.75 Å². The zero-order valence-corrected chi connectivity index (χ0v) is 5.94. The van der Waals surface area contributed by atoms with E-state index in [1.807, 2.05) is 0 Å². The van der Waals surface area contributed by atoms with E-state index in [4.69, 9.17) is 10.0 Å². The number of hydrogen-bond donors (Lipinski definition) is 2. The molecule has 0 saturated heterocycles. The standard InChI is InChI=1S/C5H5BFNO3.H2O/c7-4-3-8-2-1-5(4)11-6(9)10;/h1-3,9-10H;1H2. The highest BCUT2D eigenvalue weighted by atomic mass is 19.1. The molecular weight excluding hydrogens is 168 g/mol. The summed E-state index contributed by atoms with van der Waals surface area (Å²) in [6.07, 6.45) is 2.19. The molecule has 0 aliphatic rings.